The first-order chi connectivity index (χ1) is 13.7. The van der Waals surface area contributed by atoms with E-state index in [0.717, 1.165) is 48.7 Å². The van der Waals surface area contributed by atoms with Crippen molar-refractivity contribution < 1.29 is 4.79 Å². The lowest BCUT2D eigenvalue weighted by atomic mass is 9.91. The number of amides is 1. The van der Waals surface area contributed by atoms with Crippen LogP contribution in [0.4, 0.5) is 5.69 Å². The number of carbonyl (C=O) groups excluding carboxylic acids is 1. The standard InChI is InChI=1S/C22H25N5O/c1-26-21-8-6-17(14-20(21)24-25-26)22(28)23-18-7-5-15-9-11-27(19-3-2-4-19)12-10-16(15)13-18/h5-8,13-14,19H,2-4,9-12H2,1H3,(H,23,28). The monoisotopic (exact) mass is 375 g/mol. The second-order valence-electron chi connectivity index (χ2n) is 7.97. The van der Waals surface area contributed by atoms with Gasteiger partial charge in [-0.2, -0.15) is 0 Å². The van der Waals surface area contributed by atoms with Gasteiger partial charge in [-0.05, 0) is 67.1 Å². The van der Waals surface area contributed by atoms with Crippen LogP contribution in [0.5, 0.6) is 0 Å². The molecular weight excluding hydrogens is 350 g/mol. The molecule has 6 heteroatoms. The fourth-order valence-electron chi connectivity index (χ4n) is 4.32. The molecular formula is C22H25N5O. The van der Waals surface area contributed by atoms with Gasteiger partial charge in [-0.25, -0.2) is 4.68 Å². The second kappa shape index (κ2) is 7.02. The normalized spacial score (nSPS) is 17.8. The van der Waals surface area contributed by atoms with Crippen LogP contribution in [0.1, 0.15) is 40.7 Å². The highest BCUT2D eigenvalue weighted by atomic mass is 16.1. The van der Waals surface area contributed by atoms with Crippen LogP contribution in [0.3, 0.4) is 0 Å². The first-order valence-corrected chi connectivity index (χ1v) is 10.1. The predicted octanol–water partition coefficient (Wildman–Crippen LogP) is 3.17. The maximum atomic E-state index is 12.7. The summed E-state index contributed by atoms with van der Waals surface area (Å²) in [7, 11) is 1.84. The van der Waals surface area contributed by atoms with Crippen LogP contribution in [0.15, 0.2) is 36.4 Å². The van der Waals surface area contributed by atoms with E-state index < -0.39 is 0 Å². The number of hydrogen-bond acceptors (Lipinski definition) is 4. The van der Waals surface area contributed by atoms with Gasteiger partial charge < -0.3 is 5.32 Å². The lowest BCUT2D eigenvalue weighted by Crippen LogP contribution is -2.41. The summed E-state index contributed by atoms with van der Waals surface area (Å²) < 4.78 is 1.70. The zero-order chi connectivity index (χ0) is 19.1. The molecule has 1 amide bonds. The molecule has 144 valence electrons. The Kier molecular flexibility index (Phi) is 4.36. The van der Waals surface area contributed by atoms with Crippen molar-refractivity contribution in [2.75, 3.05) is 18.4 Å². The van der Waals surface area contributed by atoms with Gasteiger partial charge in [0, 0.05) is 37.4 Å². The van der Waals surface area contributed by atoms with E-state index in [9.17, 15) is 4.79 Å². The highest BCUT2D eigenvalue weighted by molar-refractivity contribution is 6.05. The Hall–Kier alpha value is -2.73. The van der Waals surface area contributed by atoms with Crippen molar-refractivity contribution in [3.05, 3.63) is 53.1 Å². The van der Waals surface area contributed by atoms with E-state index in [1.165, 1.54) is 30.4 Å². The average molecular weight is 375 g/mol. The van der Waals surface area contributed by atoms with Crippen LogP contribution < -0.4 is 5.32 Å². The average Bonchev–Trinajstić information content (AvgIpc) is 2.90. The minimum Gasteiger partial charge on any atom is -0.322 e. The van der Waals surface area contributed by atoms with Crippen molar-refractivity contribution >= 4 is 22.6 Å². The van der Waals surface area contributed by atoms with Gasteiger partial charge in [0.25, 0.3) is 5.91 Å². The summed E-state index contributed by atoms with van der Waals surface area (Å²) in [6.07, 6.45) is 6.25. The van der Waals surface area contributed by atoms with E-state index in [1.54, 1.807) is 10.7 Å². The molecule has 0 spiro atoms. The number of nitrogens with zero attached hydrogens (tertiary/aromatic N) is 4. The Balaban J connectivity index is 1.31. The third-order valence-corrected chi connectivity index (χ3v) is 6.26. The molecule has 1 saturated carbocycles. The molecule has 0 bridgehead atoms. The van der Waals surface area contributed by atoms with Crippen molar-refractivity contribution in [2.24, 2.45) is 7.05 Å². The van der Waals surface area contributed by atoms with Gasteiger partial charge in [0.1, 0.15) is 5.52 Å². The molecule has 2 aromatic carbocycles. The first kappa shape index (κ1) is 17.4. The molecule has 1 aliphatic carbocycles. The number of aryl methyl sites for hydroxylation is 1. The maximum absolute atomic E-state index is 12.7. The molecule has 0 radical (unpaired) electrons. The largest absolute Gasteiger partial charge is 0.322 e. The summed E-state index contributed by atoms with van der Waals surface area (Å²) >= 11 is 0. The molecule has 3 aromatic rings. The molecule has 5 rings (SSSR count). The quantitative estimate of drug-likeness (QED) is 0.764. The van der Waals surface area contributed by atoms with Crippen molar-refractivity contribution in [1.29, 1.82) is 0 Å². The van der Waals surface area contributed by atoms with Crippen molar-refractivity contribution in [1.82, 2.24) is 19.9 Å². The van der Waals surface area contributed by atoms with Gasteiger partial charge in [0.2, 0.25) is 0 Å². The van der Waals surface area contributed by atoms with E-state index in [-0.39, 0.29) is 5.91 Å². The van der Waals surface area contributed by atoms with Crippen LogP contribution >= 0.6 is 0 Å². The van der Waals surface area contributed by atoms with Crippen molar-refractivity contribution in [3.63, 3.8) is 0 Å². The van der Waals surface area contributed by atoms with E-state index >= 15 is 0 Å². The van der Waals surface area contributed by atoms with E-state index in [1.807, 2.05) is 25.2 Å². The number of hydrogen-bond donors (Lipinski definition) is 1. The van der Waals surface area contributed by atoms with Crippen molar-refractivity contribution in [3.8, 4) is 0 Å². The molecule has 0 unspecified atom stereocenters. The highest BCUT2D eigenvalue weighted by Gasteiger charge is 2.26. The summed E-state index contributed by atoms with van der Waals surface area (Å²) in [4.78, 5) is 15.4. The number of aromatic nitrogens is 3. The number of fused-ring (bicyclic) bond motifs is 2. The minimum absolute atomic E-state index is 0.114. The number of carbonyl (C=O) groups is 1. The Morgan fingerprint density at radius 1 is 1.07 bits per heavy atom. The molecule has 6 nitrogen and oxygen atoms in total. The molecule has 2 aliphatic rings. The number of nitrogens with one attached hydrogen (secondary N) is 1. The summed E-state index contributed by atoms with van der Waals surface area (Å²) in [6, 6.07) is 12.6. The maximum Gasteiger partial charge on any atom is 0.255 e. The van der Waals surface area contributed by atoms with Crippen LogP contribution in [-0.4, -0.2) is 44.9 Å². The Morgan fingerprint density at radius 2 is 1.89 bits per heavy atom. The lowest BCUT2D eigenvalue weighted by Gasteiger charge is -2.36. The summed E-state index contributed by atoms with van der Waals surface area (Å²) in [6.45, 7) is 2.28. The Morgan fingerprint density at radius 3 is 2.68 bits per heavy atom. The van der Waals surface area contributed by atoms with E-state index in [0.29, 0.717) is 5.56 Å². The van der Waals surface area contributed by atoms with Crippen molar-refractivity contribution in [2.45, 2.75) is 38.1 Å². The van der Waals surface area contributed by atoms with E-state index in [2.05, 4.69) is 32.7 Å². The molecule has 2 heterocycles. The molecule has 0 atom stereocenters. The summed E-state index contributed by atoms with van der Waals surface area (Å²) in [5, 5.41) is 11.1. The fourth-order valence-corrected chi connectivity index (χ4v) is 4.32. The number of anilines is 1. The molecule has 28 heavy (non-hydrogen) atoms. The van der Waals surface area contributed by atoms with Crippen LogP contribution in [0.2, 0.25) is 0 Å². The molecule has 1 aromatic heterocycles. The predicted molar refractivity (Wildman–Crippen MR) is 110 cm³/mol. The van der Waals surface area contributed by atoms with Gasteiger partial charge in [0.05, 0.1) is 5.52 Å². The third-order valence-electron chi connectivity index (χ3n) is 6.26. The first-order valence-electron chi connectivity index (χ1n) is 10.1. The summed E-state index contributed by atoms with van der Waals surface area (Å²) in [5.41, 5.74) is 5.88. The van der Waals surface area contributed by atoms with E-state index in [4.69, 9.17) is 0 Å². The fraction of sp³-hybridized carbons (Fsp3) is 0.409. The van der Waals surface area contributed by atoms with Crippen LogP contribution in [0, 0.1) is 0 Å². The molecule has 1 N–H and O–H groups in total. The smallest absolute Gasteiger partial charge is 0.255 e. The van der Waals surface area contributed by atoms with Gasteiger partial charge in [0.15, 0.2) is 0 Å². The number of rotatable bonds is 3. The second-order valence-corrected chi connectivity index (χ2v) is 7.97. The molecule has 1 fully saturated rings. The molecule has 1 aliphatic heterocycles. The zero-order valence-corrected chi connectivity index (χ0v) is 16.2. The molecule has 0 saturated heterocycles. The zero-order valence-electron chi connectivity index (χ0n) is 16.2. The summed E-state index contributed by atoms with van der Waals surface area (Å²) in [5.74, 6) is -0.114. The Bertz CT molecular complexity index is 1040. The topological polar surface area (TPSA) is 63.1 Å². The van der Waals surface area contributed by atoms with Gasteiger partial charge in [-0.15, -0.1) is 5.10 Å². The Labute approximate surface area is 164 Å². The van der Waals surface area contributed by atoms with Crippen LogP contribution in [-0.2, 0) is 19.9 Å². The van der Waals surface area contributed by atoms with Gasteiger partial charge in [-0.1, -0.05) is 17.7 Å². The number of benzene rings is 2. The third kappa shape index (κ3) is 3.18. The highest BCUT2D eigenvalue weighted by Crippen LogP contribution is 2.28. The van der Waals surface area contributed by atoms with Gasteiger partial charge >= 0.3 is 0 Å². The van der Waals surface area contributed by atoms with Gasteiger partial charge in [-0.3, -0.25) is 9.69 Å². The SMILES string of the molecule is Cn1nnc2cc(C(=O)Nc3ccc4c(c3)CCN(C3CCC3)CC4)ccc21. The lowest BCUT2D eigenvalue weighted by molar-refractivity contribution is 0.102. The van der Waals surface area contributed by atoms with Crippen LogP contribution in [0.25, 0.3) is 11.0 Å². The minimum atomic E-state index is -0.114.